The summed E-state index contributed by atoms with van der Waals surface area (Å²) in [5, 5.41) is 0. The Morgan fingerprint density at radius 3 is 2.11 bits per heavy atom. The number of imide groups is 1. The minimum Gasteiger partial charge on any atom is -0.495 e. The molecule has 0 bridgehead atoms. The highest BCUT2D eigenvalue weighted by Crippen LogP contribution is 2.37. The van der Waals surface area contributed by atoms with Gasteiger partial charge in [0.05, 0.1) is 12.8 Å². The maximum Gasteiger partial charge on any atom is 0.266 e. The van der Waals surface area contributed by atoms with Crippen molar-refractivity contribution in [2.24, 2.45) is 0 Å². The summed E-state index contributed by atoms with van der Waals surface area (Å²) >= 11 is 0. The highest BCUT2D eigenvalue weighted by atomic mass is 16.5. The van der Waals surface area contributed by atoms with E-state index in [-0.39, 0.29) is 11.8 Å². The predicted molar refractivity (Wildman–Crippen MR) is 106 cm³/mol. The van der Waals surface area contributed by atoms with Crippen molar-refractivity contribution in [3.63, 3.8) is 0 Å². The lowest BCUT2D eigenvalue weighted by atomic mass is 9.91. The van der Waals surface area contributed by atoms with E-state index in [0.717, 1.165) is 5.56 Å². The average molecular weight is 355 g/mol. The van der Waals surface area contributed by atoms with Crippen LogP contribution in [0.1, 0.15) is 21.5 Å². The molecule has 0 aromatic heterocycles. The standard InChI is InChI=1S/C23H17NO3/c1-27-21-14-8-7-13-20(21)24-22(25)18-12-6-5-11-17(18)19(23(24)26)15-16-9-3-2-4-10-16/h2-15H,1H3/b19-15-. The molecule has 132 valence electrons. The second-order valence-electron chi connectivity index (χ2n) is 6.13. The van der Waals surface area contributed by atoms with Gasteiger partial charge in [-0.3, -0.25) is 9.59 Å². The molecule has 0 aliphatic carbocycles. The van der Waals surface area contributed by atoms with Crippen LogP contribution in [0, 0.1) is 0 Å². The van der Waals surface area contributed by atoms with E-state index in [9.17, 15) is 9.59 Å². The van der Waals surface area contributed by atoms with Crippen LogP contribution in [-0.2, 0) is 4.79 Å². The molecular weight excluding hydrogens is 338 g/mol. The van der Waals surface area contributed by atoms with Gasteiger partial charge in [-0.2, -0.15) is 0 Å². The first-order valence-electron chi connectivity index (χ1n) is 8.58. The Hall–Kier alpha value is -3.66. The molecule has 27 heavy (non-hydrogen) atoms. The quantitative estimate of drug-likeness (QED) is 0.516. The first kappa shape index (κ1) is 16.8. The number of ether oxygens (including phenoxy) is 1. The Morgan fingerprint density at radius 1 is 0.741 bits per heavy atom. The van der Waals surface area contributed by atoms with E-state index in [4.69, 9.17) is 4.74 Å². The van der Waals surface area contributed by atoms with Crippen molar-refractivity contribution in [1.82, 2.24) is 0 Å². The van der Waals surface area contributed by atoms with Gasteiger partial charge >= 0.3 is 0 Å². The van der Waals surface area contributed by atoms with E-state index in [2.05, 4.69) is 0 Å². The van der Waals surface area contributed by atoms with Crippen LogP contribution in [0.15, 0.2) is 78.9 Å². The Balaban J connectivity index is 1.93. The number of benzene rings is 3. The van der Waals surface area contributed by atoms with E-state index in [0.29, 0.717) is 28.1 Å². The molecule has 0 saturated carbocycles. The minimum atomic E-state index is -0.368. The maximum absolute atomic E-state index is 13.4. The van der Waals surface area contributed by atoms with Gasteiger partial charge in [0, 0.05) is 11.1 Å². The average Bonchev–Trinajstić information content (AvgIpc) is 2.72. The Labute approximate surface area is 157 Å². The fraction of sp³-hybridized carbons (Fsp3) is 0.0435. The van der Waals surface area contributed by atoms with Crippen LogP contribution in [0.3, 0.4) is 0 Å². The van der Waals surface area contributed by atoms with Gasteiger partial charge in [0.1, 0.15) is 5.75 Å². The van der Waals surface area contributed by atoms with Gasteiger partial charge in [-0.1, -0.05) is 60.7 Å². The summed E-state index contributed by atoms with van der Waals surface area (Å²) in [7, 11) is 1.52. The number of amides is 2. The van der Waals surface area contributed by atoms with E-state index < -0.39 is 0 Å². The summed E-state index contributed by atoms with van der Waals surface area (Å²) in [5.74, 6) is -0.255. The largest absolute Gasteiger partial charge is 0.495 e. The van der Waals surface area contributed by atoms with Crippen LogP contribution in [-0.4, -0.2) is 18.9 Å². The van der Waals surface area contributed by atoms with Crippen LogP contribution in [0.25, 0.3) is 11.6 Å². The third-order valence-electron chi connectivity index (χ3n) is 4.52. The van der Waals surface area contributed by atoms with E-state index >= 15 is 0 Å². The van der Waals surface area contributed by atoms with Crippen LogP contribution in [0.4, 0.5) is 5.69 Å². The van der Waals surface area contributed by atoms with Gasteiger partial charge in [0.2, 0.25) is 0 Å². The Bertz CT molecular complexity index is 1050. The fourth-order valence-electron chi connectivity index (χ4n) is 3.24. The number of hydrogen-bond acceptors (Lipinski definition) is 3. The molecule has 1 heterocycles. The highest BCUT2D eigenvalue weighted by molar-refractivity contribution is 6.43. The molecule has 4 nitrogen and oxygen atoms in total. The lowest BCUT2D eigenvalue weighted by Crippen LogP contribution is -2.42. The summed E-state index contributed by atoms with van der Waals surface area (Å²) in [6.07, 6.45) is 1.82. The van der Waals surface area contributed by atoms with Gasteiger partial charge in [-0.05, 0) is 35.4 Å². The number of anilines is 1. The molecule has 4 heteroatoms. The van der Waals surface area contributed by atoms with Crippen LogP contribution < -0.4 is 9.64 Å². The zero-order chi connectivity index (χ0) is 18.8. The van der Waals surface area contributed by atoms with Gasteiger partial charge in [-0.15, -0.1) is 0 Å². The molecule has 1 aliphatic rings. The van der Waals surface area contributed by atoms with Crippen molar-refractivity contribution in [3.05, 3.63) is 95.6 Å². The van der Waals surface area contributed by atoms with E-state index in [1.807, 2.05) is 42.5 Å². The second-order valence-corrected chi connectivity index (χ2v) is 6.13. The molecule has 2 amide bonds. The molecule has 0 radical (unpaired) electrons. The molecule has 0 spiro atoms. The topological polar surface area (TPSA) is 46.6 Å². The minimum absolute atomic E-state index is 0.356. The van der Waals surface area contributed by atoms with Crippen molar-refractivity contribution < 1.29 is 14.3 Å². The third kappa shape index (κ3) is 2.91. The number of rotatable bonds is 3. The van der Waals surface area contributed by atoms with Gasteiger partial charge in [0.25, 0.3) is 11.8 Å². The van der Waals surface area contributed by atoms with Crippen molar-refractivity contribution in [2.45, 2.75) is 0 Å². The SMILES string of the molecule is COc1ccccc1N1C(=O)/C(=C\c2ccccc2)c2ccccc2C1=O. The van der Waals surface area contributed by atoms with E-state index in [1.54, 1.807) is 42.5 Å². The number of para-hydroxylation sites is 2. The number of carbonyl (C=O) groups is 2. The van der Waals surface area contributed by atoms with Crippen molar-refractivity contribution in [3.8, 4) is 5.75 Å². The summed E-state index contributed by atoms with van der Waals surface area (Å²) in [6, 6.07) is 23.8. The van der Waals surface area contributed by atoms with Crippen molar-refractivity contribution in [1.29, 1.82) is 0 Å². The van der Waals surface area contributed by atoms with Crippen LogP contribution in [0.2, 0.25) is 0 Å². The smallest absolute Gasteiger partial charge is 0.266 e. The molecular formula is C23H17NO3. The molecule has 0 unspecified atom stereocenters. The second kappa shape index (κ2) is 6.92. The lowest BCUT2D eigenvalue weighted by Gasteiger charge is -2.29. The van der Waals surface area contributed by atoms with Crippen molar-refractivity contribution >= 4 is 29.2 Å². The number of fused-ring (bicyclic) bond motifs is 1. The molecule has 3 aromatic rings. The van der Waals surface area contributed by atoms with Crippen LogP contribution in [0.5, 0.6) is 5.75 Å². The first-order valence-corrected chi connectivity index (χ1v) is 8.58. The number of hydrogen-bond donors (Lipinski definition) is 0. The predicted octanol–water partition coefficient (Wildman–Crippen LogP) is 4.42. The van der Waals surface area contributed by atoms with Gasteiger partial charge in [-0.25, -0.2) is 4.90 Å². The molecule has 0 fully saturated rings. The van der Waals surface area contributed by atoms with Crippen molar-refractivity contribution in [2.75, 3.05) is 12.0 Å². The maximum atomic E-state index is 13.4. The van der Waals surface area contributed by atoms with Crippen LogP contribution >= 0.6 is 0 Å². The summed E-state index contributed by atoms with van der Waals surface area (Å²) in [4.78, 5) is 27.7. The lowest BCUT2D eigenvalue weighted by molar-refractivity contribution is -0.112. The molecule has 0 saturated heterocycles. The third-order valence-corrected chi connectivity index (χ3v) is 4.52. The Kier molecular flexibility index (Phi) is 4.30. The molecule has 1 aliphatic heterocycles. The molecule has 0 atom stereocenters. The zero-order valence-electron chi connectivity index (χ0n) is 14.8. The summed E-state index contributed by atoms with van der Waals surface area (Å²) < 4.78 is 5.37. The zero-order valence-corrected chi connectivity index (χ0v) is 14.8. The van der Waals surface area contributed by atoms with Gasteiger partial charge < -0.3 is 4.74 Å². The normalized spacial score (nSPS) is 15.0. The number of carbonyl (C=O) groups excluding carboxylic acids is 2. The molecule has 3 aromatic carbocycles. The van der Waals surface area contributed by atoms with Gasteiger partial charge in [0.15, 0.2) is 0 Å². The molecule has 0 N–H and O–H groups in total. The fourth-order valence-corrected chi connectivity index (χ4v) is 3.24. The Morgan fingerprint density at radius 2 is 1.37 bits per heavy atom. The molecule has 4 rings (SSSR count). The summed E-state index contributed by atoms with van der Waals surface area (Å²) in [6.45, 7) is 0. The number of nitrogens with zero attached hydrogens (tertiary/aromatic N) is 1. The summed E-state index contributed by atoms with van der Waals surface area (Å²) in [5.41, 5.74) is 2.93. The van der Waals surface area contributed by atoms with E-state index in [1.165, 1.54) is 12.0 Å². The monoisotopic (exact) mass is 355 g/mol. The first-order chi connectivity index (χ1) is 13.2. The number of methoxy groups -OCH3 is 1. The highest BCUT2D eigenvalue weighted by Gasteiger charge is 2.36.